The van der Waals surface area contributed by atoms with Crippen molar-refractivity contribution in [3.8, 4) is 0 Å². The number of nitrogens with zero attached hydrogens (tertiary/aromatic N) is 1. The summed E-state index contributed by atoms with van der Waals surface area (Å²) in [6.07, 6.45) is 0. The molecule has 5 heteroatoms. The van der Waals surface area contributed by atoms with Crippen molar-refractivity contribution in [1.82, 2.24) is 5.32 Å². The van der Waals surface area contributed by atoms with Gasteiger partial charge in [-0.2, -0.15) is 0 Å². The Labute approximate surface area is 119 Å². The molecule has 0 heterocycles. The highest BCUT2D eigenvalue weighted by molar-refractivity contribution is 6.30. The van der Waals surface area contributed by atoms with Crippen LogP contribution in [-0.2, 0) is 5.60 Å². The summed E-state index contributed by atoms with van der Waals surface area (Å²) in [5, 5.41) is 13.9. The van der Waals surface area contributed by atoms with Gasteiger partial charge in [0, 0.05) is 11.6 Å². The summed E-state index contributed by atoms with van der Waals surface area (Å²) < 4.78 is 0. The predicted octanol–water partition coefficient (Wildman–Crippen LogP) is 2.03. The predicted molar refractivity (Wildman–Crippen MR) is 80.3 cm³/mol. The van der Waals surface area contributed by atoms with Gasteiger partial charge in [0.2, 0.25) is 0 Å². The molecule has 0 fully saturated rings. The summed E-state index contributed by atoms with van der Waals surface area (Å²) in [6.45, 7) is 8.04. The molecule has 4 N–H and O–H groups in total. The second-order valence-electron chi connectivity index (χ2n) is 4.80. The monoisotopic (exact) mass is 281 g/mol. The zero-order chi connectivity index (χ0) is 14.5. The molecule has 4 nitrogen and oxygen atoms in total. The molecule has 0 saturated heterocycles. The number of aliphatic imine (C=N–C) groups is 1. The van der Waals surface area contributed by atoms with Crippen LogP contribution in [0.15, 0.2) is 41.4 Å². The van der Waals surface area contributed by atoms with Crippen LogP contribution >= 0.6 is 11.6 Å². The fourth-order valence-electron chi connectivity index (χ4n) is 1.45. The highest BCUT2D eigenvalue weighted by Crippen LogP contribution is 2.23. The average molecular weight is 282 g/mol. The number of guanidine groups is 1. The maximum absolute atomic E-state index is 10.4. The molecular weight excluding hydrogens is 262 g/mol. The van der Waals surface area contributed by atoms with E-state index in [1.54, 1.807) is 31.2 Å². The van der Waals surface area contributed by atoms with Gasteiger partial charge in [0.05, 0.1) is 6.54 Å². The molecule has 1 aromatic carbocycles. The van der Waals surface area contributed by atoms with Gasteiger partial charge in [-0.15, -0.1) is 0 Å². The molecule has 1 aromatic rings. The van der Waals surface area contributed by atoms with Crippen molar-refractivity contribution in [1.29, 1.82) is 0 Å². The Morgan fingerprint density at radius 2 is 2.26 bits per heavy atom. The van der Waals surface area contributed by atoms with E-state index in [0.29, 0.717) is 17.1 Å². The summed E-state index contributed by atoms with van der Waals surface area (Å²) in [4.78, 5) is 4.12. The van der Waals surface area contributed by atoms with Gasteiger partial charge in [-0.1, -0.05) is 35.9 Å². The minimum Gasteiger partial charge on any atom is -0.384 e. The molecule has 0 aromatic heterocycles. The SMILES string of the molecule is C=C(C)CNC(N)=NCC(C)(O)c1cccc(Cl)c1. The lowest BCUT2D eigenvalue weighted by Gasteiger charge is -2.22. The van der Waals surface area contributed by atoms with Gasteiger partial charge in [-0.05, 0) is 31.5 Å². The Bertz CT molecular complexity index is 483. The topological polar surface area (TPSA) is 70.6 Å². The molecule has 0 saturated carbocycles. The number of nitrogens with two attached hydrogens (primary N) is 1. The van der Waals surface area contributed by atoms with Gasteiger partial charge in [0.15, 0.2) is 5.96 Å². The van der Waals surface area contributed by atoms with Crippen LogP contribution in [0.2, 0.25) is 5.02 Å². The van der Waals surface area contributed by atoms with E-state index >= 15 is 0 Å². The fourth-order valence-corrected chi connectivity index (χ4v) is 1.64. The summed E-state index contributed by atoms with van der Waals surface area (Å²) >= 11 is 5.90. The van der Waals surface area contributed by atoms with E-state index in [2.05, 4.69) is 16.9 Å². The zero-order valence-corrected chi connectivity index (χ0v) is 12.0. The molecular formula is C14H20ClN3O. The molecule has 0 amide bonds. The summed E-state index contributed by atoms with van der Waals surface area (Å²) in [7, 11) is 0. The molecule has 0 spiro atoms. The Kier molecular flexibility index (Phi) is 5.39. The van der Waals surface area contributed by atoms with Crippen LogP contribution in [0.4, 0.5) is 0 Å². The quantitative estimate of drug-likeness (QED) is 0.439. The Morgan fingerprint density at radius 1 is 1.58 bits per heavy atom. The number of aliphatic hydroxyl groups is 1. The van der Waals surface area contributed by atoms with Crippen molar-refractivity contribution in [3.63, 3.8) is 0 Å². The molecule has 0 bridgehead atoms. The van der Waals surface area contributed by atoms with Crippen molar-refractivity contribution >= 4 is 17.6 Å². The van der Waals surface area contributed by atoms with Gasteiger partial charge >= 0.3 is 0 Å². The van der Waals surface area contributed by atoms with Crippen LogP contribution in [0, 0.1) is 0 Å². The van der Waals surface area contributed by atoms with Crippen LogP contribution < -0.4 is 11.1 Å². The molecule has 0 aliphatic heterocycles. The van der Waals surface area contributed by atoms with E-state index in [1.807, 2.05) is 6.92 Å². The van der Waals surface area contributed by atoms with Gasteiger partial charge in [-0.3, -0.25) is 4.99 Å². The lowest BCUT2D eigenvalue weighted by Crippen LogP contribution is -2.35. The van der Waals surface area contributed by atoms with Crippen molar-refractivity contribution in [2.24, 2.45) is 10.7 Å². The highest BCUT2D eigenvalue weighted by atomic mass is 35.5. The maximum Gasteiger partial charge on any atom is 0.188 e. The van der Waals surface area contributed by atoms with E-state index in [4.69, 9.17) is 17.3 Å². The van der Waals surface area contributed by atoms with Gasteiger partial charge in [0.1, 0.15) is 5.60 Å². The fraction of sp³-hybridized carbons (Fsp3) is 0.357. The molecule has 0 radical (unpaired) electrons. The zero-order valence-electron chi connectivity index (χ0n) is 11.3. The number of rotatable bonds is 5. The van der Waals surface area contributed by atoms with Crippen LogP contribution in [0.5, 0.6) is 0 Å². The van der Waals surface area contributed by atoms with Gasteiger partial charge in [0.25, 0.3) is 0 Å². The van der Waals surface area contributed by atoms with E-state index in [-0.39, 0.29) is 12.5 Å². The number of hydrogen-bond donors (Lipinski definition) is 3. The molecule has 19 heavy (non-hydrogen) atoms. The first kappa shape index (κ1) is 15.5. The summed E-state index contributed by atoms with van der Waals surface area (Å²) in [5.41, 5.74) is 6.25. The van der Waals surface area contributed by atoms with Crippen molar-refractivity contribution in [2.45, 2.75) is 19.4 Å². The van der Waals surface area contributed by atoms with E-state index in [1.165, 1.54) is 0 Å². The first-order chi connectivity index (χ1) is 8.81. The Balaban J connectivity index is 2.69. The lowest BCUT2D eigenvalue weighted by atomic mass is 9.96. The Hall–Kier alpha value is -1.52. The molecule has 1 unspecified atom stereocenters. The number of halogens is 1. The van der Waals surface area contributed by atoms with Crippen molar-refractivity contribution in [3.05, 3.63) is 47.0 Å². The van der Waals surface area contributed by atoms with E-state index in [0.717, 1.165) is 5.57 Å². The molecule has 1 atom stereocenters. The van der Waals surface area contributed by atoms with Gasteiger partial charge in [-0.25, -0.2) is 0 Å². The van der Waals surface area contributed by atoms with Crippen LogP contribution in [0.1, 0.15) is 19.4 Å². The first-order valence-corrected chi connectivity index (χ1v) is 6.35. The summed E-state index contributed by atoms with van der Waals surface area (Å²) in [6, 6.07) is 7.07. The second-order valence-corrected chi connectivity index (χ2v) is 5.23. The first-order valence-electron chi connectivity index (χ1n) is 5.98. The van der Waals surface area contributed by atoms with Crippen molar-refractivity contribution in [2.75, 3.05) is 13.1 Å². The minimum absolute atomic E-state index is 0.155. The Morgan fingerprint density at radius 3 is 2.84 bits per heavy atom. The molecule has 1 rings (SSSR count). The number of hydrogen-bond acceptors (Lipinski definition) is 2. The lowest BCUT2D eigenvalue weighted by molar-refractivity contribution is 0.0673. The third-order valence-electron chi connectivity index (χ3n) is 2.58. The smallest absolute Gasteiger partial charge is 0.188 e. The third-order valence-corrected chi connectivity index (χ3v) is 2.81. The molecule has 104 valence electrons. The largest absolute Gasteiger partial charge is 0.384 e. The van der Waals surface area contributed by atoms with Crippen LogP contribution in [-0.4, -0.2) is 24.2 Å². The normalized spacial score (nSPS) is 14.8. The second kappa shape index (κ2) is 6.59. The highest BCUT2D eigenvalue weighted by Gasteiger charge is 2.22. The van der Waals surface area contributed by atoms with E-state index < -0.39 is 5.60 Å². The van der Waals surface area contributed by atoms with E-state index in [9.17, 15) is 5.11 Å². The summed E-state index contributed by atoms with van der Waals surface area (Å²) in [5.74, 6) is 0.283. The van der Waals surface area contributed by atoms with Crippen LogP contribution in [0.25, 0.3) is 0 Å². The number of benzene rings is 1. The van der Waals surface area contributed by atoms with Gasteiger partial charge < -0.3 is 16.2 Å². The standard InChI is InChI=1S/C14H20ClN3O/c1-10(2)8-17-13(16)18-9-14(3,19)11-5-4-6-12(15)7-11/h4-7,19H,1,8-9H2,2-3H3,(H3,16,17,18). The van der Waals surface area contributed by atoms with Crippen LogP contribution in [0.3, 0.4) is 0 Å². The average Bonchev–Trinajstić information content (AvgIpc) is 2.34. The minimum atomic E-state index is -1.11. The van der Waals surface area contributed by atoms with Crippen molar-refractivity contribution < 1.29 is 5.11 Å². The molecule has 0 aliphatic carbocycles. The third kappa shape index (κ3) is 5.32. The molecule has 0 aliphatic rings. The number of nitrogens with one attached hydrogen (secondary N) is 1. The maximum atomic E-state index is 10.4.